The highest BCUT2D eigenvalue weighted by atomic mass is 32.2. The zero-order chi connectivity index (χ0) is 23.3. The van der Waals surface area contributed by atoms with Crippen molar-refractivity contribution in [3.05, 3.63) is 59.2 Å². The van der Waals surface area contributed by atoms with Crippen LogP contribution >= 0.6 is 0 Å². The number of Topliss-reactive ketones (excluding diaryl/α,β-unsaturated/α-hetero) is 1. The first-order chi connectivity index (χ1) is 15.2. The van der Waals surface area contributed by atoms with Crippen LogP contribution in [0.5, 0.6) is 5.75 Å². The van der Waals surface area contributed by atoms with E-state index in [4.69, 9.17) is 9.47 Å². The molecule has 0 aromatic heterocycles. The van der Waals surface area contributed by atoms with Gasteiger partial charge in [0.15, 0.2) is 6.10 Å². The van der Waals surface area contributed by atoms with Gasteiger partial charge in [0.1, 0.15) is 5.75 Å². The van der Waals surface area contributed by atoms with Crippen molar-refractivity contribution in [3.63, 3.8) is 0 Å². The number of aryl methyl sites for hydroxylation is 1. The molecule has 0 radical (unpaired) electrons. The van der Waals surface area contributed by atoms with E-state index in [1.54, 1.807) is 37.3 Å². The molecule has 0 spiro atoms. The van der Waals surface area contributed by atoms with Crippen molar-refractivity contribution in [2.75, 3.05) is 19.7 Å². The number of rotatable bonds is 8. The van der Waals surface area contributed by atoms with Crippen molar-refractivity contribution in [2.24, 2.45) is 0 Å². The number of esters is 1. The fraction of sp³-hybridized carbons (Fsp3) is 0.417. The minimum atomic E-state index is -3.68. The van der Waals surface area contributed by atoms with Crippen LogP contribution in [0.3, 0.4) is 0 Å². The van der Waals surface area contributed by atoms with E-state index in [2.05, 4.69) is 0 Å². The van der Waals surface area contributed by atoms with Gasteiger partial charge < -0.3 is 9.47 Å². The molecule has 1 aliphatic heterocycles. The summed E-state index contributed by atoms with van der Waals surface area (Å²) < 4.78 is 38.2. The van der Waals surface area contributed by atoms with Gasteiger partial charge in [-0.15, -0.1) is 0 Å². The number of benzene rings is 2. The van der Waals surface area contributed by atoms with Crippen LogP contribution in [0.1, 0.15) is 59.4 Å². The zero-order valence-electron chi connectivity index (χ0n) is 18.7. The first-order valence-corrected chi connectivity index (χ1v) is 12.3. The Morgan fingerprint density at radius 2 is 1.69 bits per heavy atom. The molecule has 2 aromatic rings. The van der Waals surface area contributed by atoms with Gasteiger partial charge in [0.05, 0.1) is 17.1 Å². The van der Waals surface area contributed by atoms with Gasteiger partial charge >= 0.3 is 5.97 Å². The van der Waals surface area contributed by atoms with Crippen molar-refractivity contribution < 1.29 is 27.5 Å². The summed E-state index contributed by atoms with van der Waals surface area (Å²) in [6, 6.07) is 11.0. The van der Waals surface area contributed by atoms with E-state index < -0.39 is 22.1 Å². The van der Waals surface area contributed by atoms with Crippen LogP contribution in [0.4, 0.5) is 0 Å². The molecular weight excluding hydrogens is 430 g/mol. The standard InChI is InChI=1S/C24H29NO6S/c1-4-30-20-11-9-19(10-12-20)23(26)18(3)31-24(27)22-16-21(13-8-17(22)2)32(28,29)25-14-6-5-7-15-25/h8-13,16,18H,4-7,14-15H2,1-3H3/t18-/m0/s1. The normalized spacial score (nSPS) is 15.7. The number of carbonyl (C=O) groups excluding carboxylic acids is 2. The number of carbonyl (C=O) groups is 2. The second kappa shape index (κ2) is 10.3. The molecule has 0 amide bonds. The van der Waals surface area contributed by atoms with E-state index in [-0.39, 0.29) is 16.2 Å². The van der Waals surface area contributed by atoms with Crippen molar-refractivity contribution in [1.82, 2.24) is 4.31 Å². The predicted octanol–water partition coefficient (Wildman–Crippen LogP) is 4.00. The molecule has 1 saturated heterocycles. The molecule has 2 aromatic carbocycles. The van der Waals surface area contributed by atoms with Crippen molar-refractivity contribution in [1.29, 1.82) is 0 Å². The lowest BCUT2D eigenvalue weighted by Crippen LogP contribution is -2.35. The summed E-state index contributed by atoms with van der Waals surface area (Å²) >= 11 is 0. The topological polar surface area (TPSA) is 90.0 Å². The lowest BCUT2D eigenvalue weighted by molar-refractivity contribution is 0.0318. The largest absolute Gasteiger partial charge is 0.494 e. The smallest absolute Gasteiger partial charge is 0.339 e. The molecule has 0 aliphatic carbocycles. The van der Waals surface area contributed by atoms with Crippen LogP contribution in [0, 0.1) is 6.92 Å². The van der Waals surface area contributed by atoms with Crippen LogP contribution in [-0.2, 0) is 14.8 Å². The van der Waals surface area contributed by atoms with Gasteiger partial charge in [-0.25, -0.2) is 13.2 Å². The van der Waals surface area contributed by atoms with Crippen LogP contribution in [0.15, 0.2) is 47.4 Å². The van der Waals surface area contributed by atoms with Gasteiger partial charge in [0.2, 0.25) is 15.8 Å². The Morgan fingerprint density at radius 1 is 1.03 bits per heavy atom. The third-order valence-electron chi connectivity index (χ3n) is 5.48. The third-order valence-corrected chi connectivity index (χ3v) is 7.38. The van der Waals surface area contributed by atoms with Gasteiger partial charge in [-0.1, -0.05) is 12.5 Å². The molecule has 1 atom stereocenters. The summed E-state index contributed by atoms with van der Waals surface area (Å²) in [7, 11) is -3.68. The van der Waals surface area contributed by atoms with E-state index in [9.17, 15) is 18.0 Å². The highest BCUT2D eigenvalue weighted by Crippen LogP contribution is 2.24. The molecule has 8 heteroatoms. The lowest BCUT2D eigenvalue weighted by atomic mass is 10.1. The fourth-order valence-electron chi connectivity index (χ4n) is 3.63. The van der Waals surface area contributed by atoms with E-state index in [0.29, 0.717) is 36.6 Å². The zero-order valence-corrected chi connectivity index (χ0v) is 19.5. The van der Waals surface area contributed by atoms with E-state index in [1.165, 1.54) is 23.4 Å². The summed E-state index contributed by atoms with van der Waals surface area (Å²) in [5.41, 5.74) is 1.11. The fourth-order valence-corrected chi connectivity index (χ4v) is 5.17. The second-order valence-electron chi connectivity index (χ2n) is 7.81. The van der Waals surface area contributed by atoms with Crippen LogP contribution in [0.25, 0.3) is 0 Å². The van der Waals surface area contributed by atoms with Crippen LogP contribution in [0.2, 0.25) is 0 Å². The van der Waals surface area contributed by atoms with Crippen LogP contribution < -0.4 is 4.74 Å². The molecule has 1 fully saturated rings. The van der Waals surface area contributed by atoms with Crippen molar-refractivity contribution in [2.45, 2.75) is 51.0 Å². The van der Waals surface area contributed by atoms with Crippen molar-refractivity contribution >= 4 is 21.8 Å². The molecule has 0 bridgehead atoms. The number of sulfonamides is 1. The predicted molar refractivity (Wildman–Crippen MR) is 121 cm³/mol. The minimum Gasteiger partial charge on any atom is -0.494 e. The molecule has 3 rings (SSSR count). The molecule has 0 unspecified atom stereocenters. The Hall–Kier alpha value is -2.71. The van der Waals surface area contributed by atoms with E-state index in [0.717, 1.165) is 19.3 Å². The summed E-state index contributed by atoms with van der Waals surface area (Å²) in [4.78, 5) is 25.5. The maximum Gasteiger partial charge on any atom is 0.339 e. The van der Waals surface area contributed by atoms with Gasteiger partial charge in [-0.05, 0) is 75.6 Å². The Bertz CT molecular complexity index is 1070. The molecule has 172 valence electrons. The molecule has 1 aliphatic rings. The highest BCUT2D eigenvalue weighted by molar-refractivity contribution is 7.89. The minimum absolute atomic E-state index is 0.0578. The molecule has 0 saturated carbocycles. The first kappa shape index (κ1) is 23.9. The Balaban J connectivity index is 1.75. The van der Waals surface area contributed by atoms with Gasteiger partial charge in [-0.2, -0.15) is 4.31 Å². The first-order valence-electron chi connectivity index (χ1n) is 10.8. The van der Waals surface area contributed by atoms with Crippen molar-refractivity contribution in [3.8, 4) is 5.75 Å². The summed E-state index contributed by atoms with van der Waals surface area (Å²) in [5.74, 6) is -0.433. The van der Waals surface area contributed by atoms with E-state index >= 15 is 0 Å². The summed E-state index contributed by atoms with van der Waals surface area (Å²) in [6.07, 6.45) is 1.64. The quantitative estimate of drug-likeness (QED) is 0.438. The average molecular weight is 460 g/mol. The van der Waals surface area contributed by atoms with Crippen LogP contribution in [-0.4, -0.2) is 50.3 Å². The Morgan fingerprint density at radius 3 is 2.31 bits per heavy atom. The third kappa shape index (κ3) is 5.37. The lowest BCUT2D eigenvalue weighted by Gasteiger charge is -2.26. The number of nitrogens with zero attached hydrogens (tertiary/aromatic N) is 1. The Labute approximate surface area is 189 Å². The maximum absolute atomic E-state index is 13.0. The molecule has 32 heavy (non-hydrogen) atoms. The number of ether oxygens (including phenoxy) is 2. The summed E-state index contributed by atoms with van der Waals surface area (Å²) in [6.45, 7) is 6.54. The number of hydrogen-bond donors (Lipinski definition) is 0. The molecule has 7 nitrogen and oxygen atoms in total. The maximum atomic E-state index is 13.0. The monoisotopic (exact) mass is 459 g/mol. The highest BCUT2D eigenvalue weighted by Gasteiger charge is 2.28. The average Bonchev–Trinajstić information content (AvgIpc) is 2.80. The Kier molecular flexibility index (Phi) is 7.69. The number of piperidine rings is 1. The SMILES string of the molecule is CCOc1ccc(C(=O)[C@H](C)OC(=O)c2cc(S(=O)(=O)N3CCCCC3)ccc2C)cc1. The molecular formula is C24H29NO6S. The number of hydrogen-bond acceptors (Lipinski definition) is 6. The molecule has 0 N–H and O–H groups in total. The molecule has 1 heterocycles. The summed E-state index contributed by atoms with van der Waals surface area (Å²) in [5, 5.41) is 0. The van der Waals surface area contributed by atoms with E-state index in [1.807, 2.05) is 6.92 Å². The second-order valence-corrected chi connectivity index (χ2v) is 9.75. The van der Waals surface area contributed by atoms with Gasteiger partial charge in [0.25, 0.3) is 0 Å². The number of ketones is 1. The van der Waals surface area contributed by atoms with Gasteiger partial charge in [0, 0.05) is 18.7 Å². The van der Waals surface area contributed by atoms with Gasteiger partial charge in [-0.3, -0.25) is 4.79 Å².